The number of halogens is 3. The van der Waals surface area contributed by atoms with Gasteiger partial charge in [0.25, 0.3) is 0 Å². The summed E-state index contributed by atoms with van der Waals surface area (Å²) in [6, 6.07) is 10.1. The molecule has 3 aromatic rings. The SMILES string of the molecule is O[C@@H]1CCCC[C@@H]1Nc1cccc2nc(Nc3ccc(C(F)(F)F)cc3)nn12. The third kappa shape index (κ3) is 3.89. The molecule has 1 aliphatic rings. The van der Waals surface area contributed by atoms with Crippen molar-refractivity contribution in [2.45, 2.75) is 44.0 Å². The summed E-state index contributed by atoms with van der Waals surface area (Å²) in [4.78, 5) is 4.37. The quantitative estimate of drug-likeness (QED) is 0.621. The Morgan fingerprint density at radius 2 is 1.79 bits per heavy atom. The molecule has 1 fully saturated rings. The first-order valence-corrected chi connectivity index (χ1v) is 9.15. The van der Waals surface area contributed by atoms with Gasteiger partial charge in [0.1, 0.15) is 5.82 Å². The number of alkyl halides is 3. The summed E-state index contributed by atoms with van der Waals surface area (Å²) >= 11 is 0. The molecule has 28 heavy (non-hydrogen) atoms. The molecular weight excluding hydrogens is 371 g/mol. The number of nitrogens with zero attached hydrogens (tertiary/aromatic N) is 3. The summed E-state index contributed by atoms with van der Waals surface area (Å²) in [6.07, 6.45) is -1.05. The van der Waals surface area contributed by atoms with Gasteiger partial charge in [-0.1, -0.05) is 18.9 Å². The van der Waals surface area contributed by atoms with Crippen molar-refractivity contribution in [2.24, 2.45) is 0 Å². The highest BCUT2D eigenvalue weighted by Gasteiger charge is 2.30. The van der Waals surface area contributed by atoms with E-state index in [9.17, 15) is 18.3 Å². The Morgan fingerprint density at radius 1 is 1.04 bits per heavy atom. The number of aliphatic hydroxyl groups excluding tert-OH is 1. The van der Waals surface area contributed by atoms with Crippen LogP contribution in [0.25, 0.3) is 5.65 Å². The number of pyridine rings is 1. The maximum absolute atomic E-state index is 12.7. The van der Waals surface area contributed by atoms with Crippen LogP contribution in [0.15, 0.2) is 42.5 Å². The molecule has 0 bridgehead atoms. The molecule has 0 saturated heterocycles. The first kappa shape index (κ1) is 18.5. The summed E-state index contributed by atoms with van der Waals surface area (Å²) in [5, 5.41) is 20.8. The largest absolute Gasteiger partial charge is 0.416 e. The van der Waals surface area contributed by atoms with E-state index in [1.54, 1.807) is 10.6 Å². The average Bonchev–Trinajstić information content (AvgIpc) is 3.07. The molecule has 0 spiro atoms. The number of hydrogen-bond acceptors (Lipinski definition) is 5. The van der Waals surface area contributed by atoms with Gasteiger partial charge in [-0.15, -0.1) is 5.10 Å². The second kappa shape index (κ2) is 7.31. The van der Waals surface area contributed by atoms with Crippen LogP contribution in [0.1, 0.15) is 31.2 Å². The highest BCUT2D eigenvalue weighted by Crippen LogP contribution is 2.30. The second-order valence-electron chi connectivity index (χ2n) is 6.92. The minimum Gasteiger partial charge on any atom is -0.391 e. The molecule has 2 aromatic heterocycles. The van der Waals surface area contributed by atoms with E-state index in [1.165, 1.54) is 12.1 Å². The van der Waals surface area contributed by atoms with Gasteiger partial charge in [0.05, 0.1) is 17.7 Å². The van der Waals surface area contributed by atoms with Gasteiger partial charge in [0, 0.05) is 5.69 Å². The molecule has 2 heterocycles. The molecule has 1 saturated carbocycles. The highest BCUT2D eigenvalue weighted by molar-refractivity contribution is 5.58. The minimum absolute atomic E-state index is 0.0464. The van der Waals surface area contributed by atoms with Crippen LogP contribution in [0.3, 0.4) is 0 Å². The Kier molecular flexibility index (Phi) is 4.84. The number of aromatic nitrogens is 3. The Morgan fingerprint density at radius 3 is 2.50 bits per heavy atom. The molecule has 0 amide bonds. The number of aliphatic hydroxyl groups is 1. The fourth-order valence-electron chi connectivity index (χ4n) is 3.41. The van der Waals surface area contributed by atoms with Crippen LogP contribution in [-0.4, -0.2) is 31.9 Å². The van der Waals surface area contributed by atoms with Crippen molar-refractivity contribution >= 4 is 23.1 Å². The molecule has 3 N–H and O–H groups in total. The third-order valence-electron chi connectivity index (χ3n) is 4.89. The van der Waals surface area contributed by atoms with Crippen LogP contribution < -0.4 is 10.6 Å². The summed E-state index contributed by atoms with van der Waals surface area (Å²) in [6.45, 7) is 0. The fraction of sp³-hybridized carbons (Fsp3) is 0.368. The molecule has 1 aromatic carbocycles. The smallest absolute Gasteiger partial charge is 0.391 e. The molecule has 0 radical (unpaired) electrons. The lowest BCUT2D eigenvalue weighted by Gasteiger charge is -2.29. The van der Waals surface area contributed by atoms with Crippen molar-refractivity contribution in [2.75, 3.05) is 10.6 Å². The van der Waals surface area contributed by atoms with Crippen molar-refractivity contribution in [1.29, 1.82) is 0 Å². The molecule has 9 heteroatoms. The van der Waals surface area contributed by atoms with Crippen molar-refractivity contribution in [3.8, 4) is 0 Å². The molecule has 0 aliphatic heterocycles. The zero-order valence-electron chi connectivity index (χ0n) is 14.9. The number of hydrogen-bond donors (Lipinski definition) is 3. The normalized spacial score (nSPS) is 20.3. The van der Waals surface area contributed by atoms with Crippen LogP contribution in [0.2, 0.25) is 0 Å². The zero-order chi connectivity index (χ0) is 19.7. The van der Waals surface area contributed by atoms with Crippen LogP contribution in [0.4, 0.5) is 30.6 Å². The summed E-state index contributed by atoms with van der Waals surface area (Å²) < 4.78 is 39.7. The number of anilines is 3. The second-order valence-corrected chi connectivity index (χ2v) is 6.92. The summed E-state index contributed by atoms with van der Waals surface area (Å²) in [5.74, 6) is 0.981. The Balaban J connectivity index is 1.54. The van der Waals surface area contributed by atoms with E-state index in [-0.39, 0.29) is 12.0 Å². The Bertz CT molecular complexity index is 954. The van der Waals surface area contributed by atoms with Crippen LogP contribution in [0.5, 0.6) is 0 Å². The molecular formula is C19H20F3N5O. The Hall–Kier alpha value is -2.81. The number of rotatable bonds is 4. The Labute approximate surface area is 159 Å². The predicted molar refractivity (Wildman–Crippen MR) is 99.6 cm³/mol. The highest BCUT2D eigenvalue weighted by atomic mass is 19.4. The lowest BCUT2D eigenvalue weighted by Crippen LogP contribution is -2.36. The van der Waals surface area contributed by atoms with E-state index in [0.29, 0.717) is 17.2 Å². The first-order chi connectivity index (χ1) is 13.4. The standard InChI is InChI=1S/C19H20F3N5O/c20-19(21,22)12-8-10-13(11-9-12)23-18-25-17-7-3-6-16(27(17)26-18)24-14-4-1-2-5-15(14)28/h3,6-11,14-15,24,28H,1-2,4-5H2,(H,23,26)/t14-,15+/m0/s1. The van der Waals surface area contributed by atoms with E-state index in [1.807, 2.05) is 12.1 Å². The van der Waals surface area contributed by atoms with Gasteiger partial charge < -0.3 is 15.7 Å². The monoisotopic (exact) mass is 391 g/mol. The van der Waals surface area contributed by atoms with Crippen LogP contribution in [0, 0.1) is 0 Å². The number of benzene rings is 1. The third-order valence-corrected chi connectivity index (χ3v) is 4.89. The van der Waals surface area contributed by atoms with Gasteiger partial charge in [0.2, 0.25) is 5.95 Å². The van der Waals surface area contributed by atoms with Gasteiger partial charge in [-0.25, -0.2) is 0 Å². The number of fused-ring (bicyclic) bond motifs is 1. The van der Waals surface area contributed by atoms with Crippen molar-refractivity contribution in [3.63, 3.8) is 0 Å². The van der Waals surface area contributed by atoms with Gasteiger partial charge in [0.15, 0.2) is 5.65 Å². The van der Waals surface area contributed by atoms with E-state index in [2.05, 4.69) is 20.7 Å². The van der Waals surface area contributed by atoms with Crippen molar-refractivity contribution in [1.82, 2.24) is 14.6 Å². The minimum atomic E-state index is -4.37. The lowest BCUT2D eigenvalue weighted by molar-refractivity contribution is -0.137. The van der Waals surface area contributed by atoms with Gasteiger partial charge in [-0.2, -0.15) is 22.7 Å². The lowest BCUT2D eigenvalue weighted by atomic mass is 9.92. The van der Waals surface area contributed by atoms with Crippen molar-refractivity contribution < 1.29 is 18.3 Å². The molecule has 0 unspecified atom stereocenters. The van der Waals surface area contributed by atoms with Crippen LogP contribution in [-0.2, 0) is 6.18 Å². The molecule has 148 valence electrons. The maximum Gasteiger partial charge on any atom is 0.416 e. The zero-order valence-corrected chi connectivity index (χ0v) is 14.9. The maximum atomic E-state index is 12.7. The van der Waals surface area contributed by atoms with E-state index in [4.69, 9.17) is 0 Å². The predicted octanol–water partition coefficient (Wildman–Crippen LogP) is 4.21. The summed E-state index contributed by atoms with van der Waals surface area (Å²) in [7, 11) is 0. The van der Waals surface area contributed by atoms with Gasteiger partial charge in [-0.05, 0) is 49.2 Å². The van der Waals surface area contributed by atoms with E-state index < -0.39 is 17.8 Å². The van der Waals surface area contributed by atoms with Crippen molar-refractivity contribution in [3.05, 3.63) is 48.0 Å². The number of nitrogens with one attached hydrogen (secondary N) is 2. The van der Waals surface area contributed by atoms with E-state index >= 15 is 0 Å². The van der Waals surface area contributed by atoms with Gasteiger partial charge >= 0.3 is 6.18 Å². The molecule has 2 atom stereocenters. The van der Waals surface area contributed by atoms with E-state index in [0.717, 1.165) is 37.8 Å². The van der Waals surface area contributed by atoms with Gasteiger partial charge in [-0.3, -0.25) is 0 Å². The molecule has 1 aliphatic carbocycles. The average molecular weight is 391 g/mol. The summed E-state index contributed by atoms with van der Waals surface area (Å²) in [5.41, 5.74) is 0.337. The molecule has 4 rings (SSSR count). The first-order valence-electron chi connectivity index (χ1n) is 9.15. The fourth-order valence-corrected chi connectivity index (χ4v) is 3.41. The topological polar surface area (TPSA) is 74.5 Å². The molecule has 6 nitrogen and oxygen atoms in total. The van der Waals surface area contributed by atoms with Crippen LogP contribution >= 0.6 is 0 Å².